The van der Waals surface area contributed by atoms with Crippen LogP contribution in [-0.4, -0.2) is 52.7 Å². The Morgan fingerprint density at radius 3 is 2.52 bits per heavy atom. The van der Waals surface area contributed by atoms with Gasteiger partial charge in [-0.1, -0.05) is 54.6 Å². The van der Waals surface area contributed by atoms with Crippen LogP contribution in [0.4, 0.5) is 0 Å². The maximum atomic E-state index is 10.1. The quantitative estimate of drug-likeness (QED) is 0.930. The third-order valence-corrected chi connectivity index (χ3v) is 5.86. The molecule has 0 radical (unpaired) electrons. The molecule has 2 aromatic rings. The van der Waals surface area contributed by atoms with Gasteiger partial charge in [-0.15, -0.1) is 0 Å². The van der Waals surface area contributed by atoms with E-state index >= 15 is 0 Å². The van der Waals surface area contributed by atoms with Gasteiger partial charge in [-0.25, -0.2) is 0 Å². The zero-order valence-electron chi connectivity index (χ0n) is 15.0. The van der Waals surface area contributed by atoms with Crippen LogP contribution in [0.2, 0.25) is 0 Å². The molecule has 2 aromatic carbocycles. The summed E-state index contributed by atoms with van der Waals surface area (Å²) in [6, 6.07) is 20.5. The van der Waals surface area contributed by atoms with E-state index in [1.807, 2.05) is 0 Å². The van der Waals surface area contributed by atoms with Gasteiger partial charge in [-0.05, 0) is 36.5 Å². The molecule has 2 heterocycles. The highest BCUT2D eigenvalue weighted by Crippen LogP contribution is 2.28. The third-order valence-electron chi connectivity index (χ3n) is 5.86. The fourth-order valence-corrected chi connectivity index (χ4v) is 4.46. The van der Waals surface area contributed by atoms with Crippen molar-refractivity contribution in [2.75, 3.05) is 19.6 Å². The van der Waals surface area contributed by atoms with E-state index in [1.165, 1.54) is 16.7 Å². The van der Waals surface area contributed by atoms with Gasteiger partial charge < -0.3 is 5.11 Å². The molecular weight excluding hydrogens is 308 g/mol. The van der Waals surface area contributed by atoms with E-state index in [-0.39, 0.29) is 6.10 Å². The summed E-state index contributed by atoms with van der Waals surface area (Å²) >= 11 is 0. The molecule has 25 heavy (non-hydrogen) atoms. The Morgan fingerprint density at radius 2 is 1.72 bits per heavy atom. The summed E-state index contributed by atoms with van der Waals surface area (Å²) in [6.45, 7) is 6.17. The maximum Gasteiger partial charge on any atom is 0.0682 e. The summed E-state index contributed by atoms with van der Waals surface area (Å²) in [4.78, 5) is 5.15. The second-order valence-electron chi connectivity index (χ2n) is 7.70. The zero-order valence-corrected chi connectivity index (χ0v) is 15.0. The smallest absolute Gasteiger partial charge is 0.0682 e. The topological polar surface area (TPSA) is 26.7 Å². The Bertz CT molecular complexity index is 702. The minimum Gasteiger partial charge on any atom is -0.392 e. The van der Waals surface area contributed by atoms with Crippen LogP contribution in [-0.2, 0) is 13.0 Å². The first kappa shape index (κ1) is 16.8. The number of benzene rings is 2. The van der Waals surface area contributed by atoms with Gasteiger partial charge in [0.1, 0.15) is 0 Å². The molecule has 132 valence electrons. The minimum atomic E-state index is -0.152. The van der Waals surface area contributed by atoms with E-state index < -0.39 is 0 Å². The van der Waals surface area contributed by atoms with Gasteiger partial charge in [-0.3, -0.25) is 9.80 Å². The molecule has 1 N–H and O–H groups in total. The molecule has 4 rings (SSSR count). The van der Waals surface area contributed by atoms with Crippen molar-refractivity contribution in [2.24, 2.45) is 0 Å². The number of aliphatic hydroxyl groups excluding tert-OH is 1. The van der Waals surface area contributed by atoms with Crippen LogP contribution in [0.3, 0.4) is 0 Å². The number of fused-ring (bicyclic) bond motifs is 1. The maximum absolute atomic E-state index is 10.1. The highest BCUT2D eigenvalue weighted by Gasteiger charge is 2.39. The zero-order chi connectivity index (χ0) is 17.2. The van der Waals surface area contributed by atoms with Gasteiger partial charge in [0, 0.05) is 38.3 Å². The summed E-state index contributed by atoms with van der Waals surface area (Å²) in [5.41, 5.74) is 4.20. The molecule has 0 unspecified atom stereocenters. The van der Waals surface area contributed by atoms with E-state index in [9.17, 15) is 5.11 Å². The van der Waals surface area contributed by atoms with E-state index in [1.54, 1.807) is 0 Å². The number of hydrogen-bond acceptors (Lipinski definition) is 3. The molecule has 2 aliphatic heterocycles. The summed E-state index contributed by atoms with van der Waals surface area (Å²) in [5, 5.41) is 10.1. The van der Waals surface area contributed by atoms with Gasteiger partial charge in [0.25, 0.3) is 0 Å². The first-order chi connectivity index (χ1) is 12.2. The van der Waals surface area contributed by atoms with E-state index in [0.29, 0.717) is 12.1 Å². The normalized spacial score (nSPS) is 27.4. The second-order valence-corrected chi connectivity index (χ2v) is 7.70. The van der Waals surface area contributed by atoms with E-state index in [2.05, 4.69) is 71.3 Å². The molecule has 2 fully saturated rings. The Morgan fingerprint density at radius 1 is 0.960 bits per heavy atom. The molecule has 3 atom stereocenters. The number of aliphatic hydroxyl groups is 1. The number of aryl methyl sites for hydroxylation is 1. The van der Waals surface area contributed by atoms with Crippen LogP contribution in [0.5, 0.6) is 0 Å². The number of hydrogen-bond donors (Lipinski definition) is 1. The molecule has 2 saturated heterocycles. The predicted octanol–water partition coefficient (Wildman–Crippen LogP) is 2.86. The molecule has 0 saturated carbocycles. The van der Waals surface area contributed by atoms with Crippen molar-refractivity contribution >= 4 is 0 Å². The molecule has 0 amide bonds. The van der Waals surface area contributed by atoms with Crippen LogP contribution in [0.1, 0.15) is 23.1 Å². The lowest BCUT2D eigenvalue weighted by atomic mass is 9.98. The van der Waals surface area contributed by atoms with Gasteiger partial charge in [0.2, 0.25) is 0 Å². The van der Waals surface area contributed by atoms with Crippen molar-refractivity contribution in [3.63, 3.8) is 0 Å². The average molecular weight is 336 g/mol. The monoisotopic (exact) mass is 336 g/mol. The van der Waals surface area contributed by atoms with Crippen molar-refractivity contribution in [1.29, 1.82) is 0 Å². The fourth-order valence-electron chi connectivity index (χ4n) is 4.46. The van der Waals surface area contributed by atoms with Crippen molar-refractivity contribution in [1.82, 2.24) is 9.80 Å². The van der Waals surface area contributed by atoms with Crippen molar-refractivity contribution in [2.45, 2.75) is 44.5 Å². The Balaban J connectivity index is 1.55. The molecule has 3 heteroatoms. The standard InChI is InChI=1S/C22H28N2O/c1-17-7-5-6-10-19(17)13-23-15-21-12-22(25)16-24(21)14-20(23)11-18-8-3-2-4-9-18/h2-10,20-22,25H,11-16H2,1H3/t20-,21-,22+/m0/s1. The van der Waals surface area contributed by atoms with Gasteiger partial charge in [0.15, 0.2) is 0 Å². The third kappa shape index (κ3) is 3.79. The molecule has 0 aromatic heterocycles. The van der Waals surface area contributed by atoms with Gasteiger partial charge in [-0.2, -0.15) is 0 Å². The highest BCUT2D eigenvalue weighted by molar-refractivity contribution is 5.26. The highest BCUT2D eigenvalue weighted by atomic mass is 16.3. The summed E-state index contributed by atoms with van der Waals surface area (Å²) in [6.07, 6.45) is 1.84. The van der Waals surface area contributed by atoms with Crippen LogP contribution in [0.25, 0.3) is 0 Å². The summed E-state index contributed by atoms with van der Waals surface area (Å²) in [5.74, 6) is 0. The molecular formula is C22H28N2O. The molecule has 2 aliphatic rings. The van der Waals surface area contributed by atoms with E-state index in [0.717, 1.165) is 39.0 Å². The summed E-state index contributed by atoms with van der Waals surface area (Å²) < 4.78 is 0. The van der Waals surface area contributed by atoms with Crippen LogP contribution < -0.4 is 0 Å². The molecule has 3 nitrogen and oxygen atoms in total. The van der Waals surface area contributed by atoms with Crippen LogP contribution in [0.15, 0.2) is 54.6 Å². The minimum absolute atomic E-state index is 0.152. The Kier molecular flexibility index (Phi) is 4.89. The number of rotatable bonds is 4. The number of nitrogens with zero attached hydrogens (tertiary/aromatic N) is 2. The first-order valence-electron chi connectivity index (χ1n) is 9.43. The predicted molar refractivity (Wildman–Crippen MR) is 102 cm³/mol. The van der Waals surface area contributed by atoms with Crippen LogP contribution in [0, 0.1) is 6.92 Å². The molecule has 0 aliphatic carbocycles. The van der Waals surface area contributed by atoms with Crippen molar-refractivity contribution in [3.8, 4) is 0 Å². The van der Waals surface area contributed by atoms with Crippen molar-refractivity contribution < 1.29 is 5.11 Å². The lowest BCUT2D eigenvalue weighted by Gasteiger charge is -2.44. The van der Waals surface area contributed by atoms with Gasteiger partial charge >= 0.3 is 0 Å². The molecule has 0 spiro atoms. The second kappa shape index (κ2) is 7.28. The Hall–Kier alpha value is -1.68. The summed E-state index contributed by atoms with van der Waals surface area (Å²) in [7, 11) is 0. The van der Waals surface area contributed by atoms with Crippen molar-refractivity contribution in [3.05, 3.63) is 71.3 Å². The number of piperazine rings is 1. The first-order valence-corrected chi connectivity index (χ1v) is 9.43. The lowest BCUT2D eigenvalue weighted by Crippen LogP contribution is -2.56. The Labute approximate surface area is 150 Å². The van der Waals surface area contributed by atoms with Gasteiger partial charge in [0.05, 0.1) is 6.10 Å². The lowest BCUT2D eigenvalue weighted by molar-refractivity contribution is 0.0444. The SMILES string of the molecule is Cc1ccccc1CN1C[C@@H]2C[C@@H](O)CN2C[C@@H]1Cc1ccccc1. The largest absolute Gasteiger partial charge is 0.392 e. The average Bonchev–Trinajstić information content (AvgIpc) is 2.97. The molecule has 0 bridgehead atoms. The van der Waals surface area contributed by atoms with Crippen LogP contribution >= 0.6 is 0 Å². The van der Waals surface area contributed by atoms with E-state index in [4.69, 9.17) is 0 Å². The fraction of sp³-hybridized carbons (Fsp3) is 0.455.